The zero-order chi connectivity index (χ0) is 14.5. The molecule has 0 aliphatic heterocycles. The Morgan fingerprint density at radius 3 is 2.80 bits per heavy atom. The van der Waals surface area contributed by atoms with Crippen molar-refractivity contribution >= 4 is 0 Å². The maximum atomic E-state index is 12.7. The van der Waals surface area contributed by atoms with E-state index < -0.39 is 6.43 Å². The van der Waals surface area contributed by atoms with Gasteiger partial charge < -0.3 is 5.32 Å². The largest absolute Gasteiger partial charge is 0.309 e. The molecule has 0 saturated carbocycles. The highest BCUT2D eigenvalue weighted by Crippen LogP contribution is 2.32. The maximum absolute atomic E-state index is 12.7. The molecule has 0 fully saturated rings. The first kappa shape index (κ1) is 15.4. The molecule has 1 aromatic rings. The molecule has 2 atom stereocenters. The highest BCUT2D eigenvalue weighted by atomic mass is 19.3. The lowest BCUT2D eigenvalue weighted by atomic mass is 9.83. The van der Waals surface area contributed by atoms with Gasteiger partial charge in [0.2, 0.25) is 0 Å². The van der Waals surface area contributed by atoms with Gasteiger partial charge in [-0.05, 0) is 44.0 Å². The molecule has 4 heteroatoms. The Morgan fingerprint density at radius 1 is 1.35 bits per heavy atom. The number of halogens is 2. The molecule has 0 aromatic heterocycles. The molecule has 0 saturated heterocycles. The minimum absolute atomic E-state index is 0.144. The van der Waals surface area contributed by atoms with Crippen molar-refractivity contribution in [3.63, 3.8) is 0 Å². The molecule has 2 unspecified atom stereocenters. The van der Waals surface area contributed by atoms with Crippen LogP contribution in [-0.4, -0.2) is 37.5 Å². The molecule has 112 valence electrons. The number of rotatable bonds is 6. The number of benzene rings is 1. The van der Waals surface area contributed by atoms with Crippen molar-refractivity contribution < 1.29 is 8.78 Å². The number of likely N-dealkylation sites (N-methyl/N-ethyl adjacent to an activating group) is 1. The highest BCUT2D eigenvalue weighted by Gasteiger charge is 2.32. The van der Waals surface area contributed by atoms with Crippen LogP contribution < -0.4 is 5.32 Å². The lowest BCUT2D eigenvalue weighted by Gasteiger charge is -2.39. The van der Waals surface area contributed by atoms with Gasteiger partial charge in [0.05, 0.1) is 6.54 Å². The van der Waals surface area contributed by atoms with Crippen molar-refractivity contribution in [2.24, 2.45) is 0 Å². The SMILES string of the molecule is CCCNC1c2ccccc2CCC1N(C)CC(F)F. The van der Waals surface area contributed by atoms with Gasteiger partial charge in [-0.1, -0.05) is 31.2 Å². The number of fused-ring (bicyclic) bond motifs is 1. The molecule has 0 heterocycles. The summed E-state index contributed by atoms with van der Waals surface area (Å²) in [5, 5.41) is 3.55. The fourth-order valence-electron chi connectivity index (χ4n) is 3.12. The van der Waals surface area contributed by atoms with E-state index in [4.69, 9.17) is 0 Å². The van der Waals surface area contributed by atoms with Crippen LogP contribution in [0.5, 0.6) is 0 Å². The summed E-state index contributed by atoms with van der Waals surface area (Å²) in [4.78, 5) is 1.81. The molecule has 2 nitrogen and oxygen atoms in total. The minimum atomic E-state index is -2.27. The minimum Gasteiger partial charge on any atom is -0.309 e. The summed E-state index contributed by atoms with van der Waals surface area (Å²) in [5.74, 6) is 0. The second-order valence-electron chi connectivity index (χ2n) is 5.57. The topological polar surface area (TPSA) is 15.3 Å². The predicted molar refractivity (Wildman–Crippen MR) is 78.2 cm³/mol. The van der Waals surface area contributed by atoms with E-state index in [1.807, 2.05) is 18.0 Å². The molecule has 0 spiro atoms. The summed E-state index contributed by atoms with van der Waals surface area (Å²) in [5.41, 5.74) is 2.63. The van der Waals surface area contributed by atoms with Gasteiger partial charge in [-0.15, -0.1) is 0 Å². The lowest BCUT2D eigenvalue weighted by Crippen LogP contribution is -2.47. The zero-order valence-electron chi connectivity index (χ0n) is 12.3. The average molecular weight is 282 g/mol. The smallest absolute Gasteiger partial charge is 0.251 e. The van der Waals surface area contributed by atoms with Crippen LogP contribution in [0.3, 0.4) is 0 Å². The number of hydrogen-bond donors (Lipinski definition) is 1. The number of aryl methyl sites for hydroxylation is 1. The molecule has 20 heavy (non-hydrogen) atoms. The van der Waals surface area contributed by atoms with E-state index in [9.17, 15) is 8.78 Å². The third kappa shape index (κ3) is 3.55. The standard InChI is InChI=1S/C16H24F2N2/c1-3-10-19-16-13-7-5-4-6-12(13)8-9-14(16)20(2)11-15(17)18/h4-7,14-16,19H,3,8-11H2,1-2H3. The van der Waals surface area contributed by atoms with E-state index in [0.29, 0.717) is 0 Å². The number of nitrogens with zero attached hydrogens (tertiary/aromatic N) is 1. The van der Waals surface area contributed by atoms with E-state index >= 15 is 0 Å². The Kier molecular flexibility index (Phi) is 5.49. The van der Waals surface area contributed by atoms with Crippen molar-refractivity contribution in [2.45, 2.75) is 44.7 Å². The molecule has 0 radical (unpaired) electrons. The lowest BCUT2D eigenvalue weighted by molar-refractivity contribution is 0.0650. The van der Waals surface area contributed by atoms with Gasteiger partial charge in [-0.3, -0.25) is 4.90 Å². The maximum Gasteiger partial charge on any atom is 0.251 e. The summed E-state index contributed by atoms with van der Waals surface area (Å²) in [6.07, 6.45) is 0.675. The van der Waals surface area contributed by atoms with Gasteiger partial charge in [0, 0.05) is 12.1 Å². The number of hydrogen-bond acceptors (Lipinski definition) is 2. The summed E-state index contributed by atoms with van der Waals surface area (Å²) in [6, 6.07) is 8.67. The summed E-state index contributed by atoms with van der Waals surface area (Å²) in [7, 11) is 1.81. The van der Waals surface area contributed by atoms with Crippen LogP contribution in [0.15, 0.2) is 24.3 Å². The van der Waals surface area contributed by atoms with E-state index in [1.54, 1.807) is 0 Å². The van der Waals surface area contributed by atoms with Gasteiger partial charge in [0.15, 0.2) is 0 Å². The summed E-state index contributed by atoms with van der Waals surface area (Å²) in [6.45, 7) is 2.88. The second-order valence-corrected chi connectivity index (χ2v) is 5.57. The molecular weight excluding hydrogens is 258 g/mol. The molecular formula is C16H24F2N2. The Balaban J connectivity index is 2.19. The quantitative estimate of drug-likeness (QED) is 0.861. The summed E-state index contributed by atoms with van der Waals surface area (Å²) >= 11 is 0. The van der Waals surface area contributed by atoms with Crippen LogP contribution in [-0.2, 0) is 6.42 Å². The van der Waals surface area contributed by atoms with Gasteiger partial charge in [0.1, 0.15) is 0 Å². The van der Waals surface area contributed by atoms with Crippen LogP contribution in [0.1, 0.15) is 36.9 Å². The van der Waals surface area contributed by atoms with Crippen molar-refractivity contribution in [1.82, 2.24) is 10.2 Å². The summed E-state index contributed by atoms with van der Waals surface area (Å²) < 4.78 is 25.3. The fourth-order valence-corrected chi connectivity index (χ4v) is 3.12. The van der Waals surface area contributed by atoms with Gasteiger partial charge in [-0.25, -0.2) is 8.78 Å². The molecule has 1 N–H and O–H groups in total. The van der Waals surface area contributed by atoms with E-state index in [2.05, 4.69) is 30.4 Å². The van der Waals surface area contributed by atoms with E-state index in [0.717, 1.165) is 25.8 Å². The normalized spacial score (nSPS) is 22.3. The average Bonchev–Trinajstić information content (AvgIpc) is 2.43. The number of nitrogens with one attached hydrogen (secondary N) is 1. The van der Waals surface area contributed by atoms with Crippen molar-refractivity contribution in [3.8, 4) is 0 Å². The highest BCUT2D eigenvalue weighted by molar-refractivity contribution is 5.34. The van der Waals surface area contributed by atoms with Crippen molar-refractivity contribution in [3.05, 3.63) is 35.4 Å². The van der Waals surface area contributed by atoms with Gasteiger partial charge in [0.25, 0.3) is 6.43 Å². The Morgan fingerprint density at radius 2 is 2.10 bits per heavy atom. The monoisotopic (exact) mass is 282 g/mol. The van der Waals surface area contributed by atoms with Crippen LogP contribution in [0.2, 0.25) is 0 Å². The van der Waals surface area contributed by atoms with Crippen molar-refractivity contribution in [2.75, 3.05) is 20.1 Å². The Labute approximate surface area is 120 Å². The fraction of sp³-hybridized carbons (Fsp3) is 0.625. The predicted octanol–water partition coefficient (Wildman–Crippen LogP) is 3.24. The zero-order valence-corrected chi connectivity index (χ0v) is 12.3. The van der Waals surface area contributed by atoms with E-state index in [1.165, 1.54) is 11.1 Å². The molecule has 1 aromatic carbocycles. The van der Waals surface area contributed by atoms with Gasteiger partial charge >= 0.3 is 0 Å². The Bertz CT molecular complexity index is 423. The molecule has 1 aliphatic rings. The third-order valence-electron chi connectivity index (χ3n) is 4.09. The van der Waals surface area contributed by atoms with Crippen LogP contribution in [0.4, 0.5) is 8.78 Å². The number of alkyl halides is 2. The molecule has 2 rings (SSSR count). The molecule has 1 aliphatic carbocycles. The second kappa shape index (κ2) is 7.14. The van der Waals surface area contributed by atoms with Crippen molar-refractivity contribution in [1.29, 1.82) is 0 Å². The van der Waals surface area contributed by atoms with Gasteiger partial charge in [-0.2, -0.15) is 0 Å². The Hall–Kier alpha value is -1.00. The van der Waals surface area contributed by atoms with Crippen LogP contribution >= 0.6 is 0 Å². The first-order chi connectivity index (χ1) is 9.63. The molecule has 0 amide bonds. The van der Waals surface area contributed by atoms with E-state index in [-0.39, 0.29) is 18.6 Å². The first-order valence-corrected chi connectivity index (χ1v) is 7.43. The third-order valence-corrected chi connectivity index (χ3v) is 4.09. The molecule has 0 bridgehead atoms. The van der Waals surface area contributed by atoms with Crippen LogP contribution in [0, 0.1) is 0 Å². The van der Waals surface area contributed by atoms with Crippen LogP contribution in [0.25, 0.3) is 0 Å². The first-order valence-electron chi connectivity index (χ1n) is 7.43.